The van der Waals surface area contributed by atoms with E-state index < -0.39 is 0 Å². The summed E-state index contributed by atoms with van der Waals surface area (Å²) in [5.41, 5.74) is 2.12. The Kier molecular flexibility index (Phi) is 5.69. The van der Waals surface area contributed by atoms with Gasteiger partial charge in [-0.05, 0) is 25.3 Å². The quantitative estimate of drug-likeness (QED) is 0.730. The number of hydrogen-bond donors (Lipinski definition) is 0. The van der Waals surface area contributed by atoms with Crippen LogP contribution in [0.15, 0.2) is 6.07 Å². The van der Waals surface area contributed by atoms with Crippen LogP contribution in [0, 0.1) is 6.92 Å². The van der Waals surface area contributed by atoms with Crippen LogP contribution in [0.4, 0.5) is 5.95 Å². The molecular weight excluding hydrogens is 234 g/mol. The lowest BCUT2D eigenvalue weighted by Crippen LogP contribution is -2.28. The summed E-state index contributed by atoms with van der Waals surface area (Å²) in [5.74, 6) is 1.85. The monoisotopic (exact) mass is 255 g/mol. The molecule has 0 saturated carbocycles. The second kappa shape index (κ2) is 6.80. The van der Waals surface area contributed by atoms with Crippen LogP contribution in [0.3, 0.4) is 0 Å². The van der Waals surface area contributed by atoms with Gasteiger partial charge >= 0.3 is 0 Å². The first kappa shape index (κ1) is 14.2. The minimum absolute atomic E-state index is 0.426. The average molecular weight is 256 g/mol. The van der Waals surface area contributed by atoms with Gasteiger partial charge in [0.15, 0.2) is 0 Å². The summed E-state index contributed by atoms with van der Waals surface area (Å²) in [6.07, 6.45) is 1.07. The molecule has 0 amide bonds. The van der Waals surface area contributed by atoms with Gasteiger partial charge in [-0.2, -0.15) is 0 Å². The maximum absolute atomic E-state index is 5.83. The zero-order chi connectivity index (χ0) is 12.8. The zero-order valence-electron chi connectivity index (χ0n) is 11.2. The molecule has 0 aromatic carbocycles. The zero-order valence-corrected chi connectivity index (χ0v) is 12.0. The highest BCUT2D eigenvalue weighted by atomic mass is 35.5. The second-order valence-electron chi connectivity index (χ2n) is 4.56. The number of alkyl halides is 1. The SMILES string of the molecule is CCCN(CCCl)c1nc(C)cc(C(C)C)n1. The van der Waals surface area contributed by atoms with Crippen molar-refractivity contribution >= 4 is 17.5 Å². The van der Waals surface area contributed by atoms with Crippen molar-refractivity contribution in [2.45, 2.75) is 40.0 Å². The van der Waals surface area contributed by atoms with Gasteiger partial charge in [0.25, 0.3) is 0 Å². The molecule has 0 aliphatic heterocycles. The summed E-state index contributed by atoms with van der Waals surface area (Å²) in [6, 6.07) is 2.05. The Morgan fingerprint density at radius 3 is 2.53 bits per heavy atom. The third-order valence-electron chi connectivity index (χ3n) is 2.58. The summed E-state index contributed by atoms with van der Waals surface area (Å²) < 4.78 is 0. The lowest BCUT2D eigenvalue weighted by molar-refractivity contribution is 0.739. The van der Waals surface area contributed by atoms with Crippen molar-refractivity contribution in [1.82, 2.24) is 9.97 Å². The van der Waals surface area contributed by atoms with Gasteiger partial charge in [-0.25, -0.2) is 9.97 Å². The molecule has 0 atom stereocenters. The van der Waals surface area contributed by atoms with Crippen LogP contribution in [0.2, 0.25) is 0 Å². The third-order valence-corrected chi connectivity index (χ3v) is 2.75. The van der Waals surface area contributed by atoms with E-state index in [9.17, 15) is 0 Å². The van der Waals surface area contributed by atoms with E-state index in [1.807, 2.05) is 6.92 Å². The normalized spacial score (nSPS) is 10.9. The average Bonchev–Trinajstić information content (AvgIpc) is 2.28. The molecule has 1 aromatic heterocycles. The van der Waals surface area contributed by atoms with Crippen molar-refractivity contribution in [2.75, 3.05) is 23.9 Å². The van der Waals surface area contributed by atoms with Crippen LogP contribution in [-0.2, 0) is 0 Å². The van der Waals surface area contributed by atoms with Gasteiger partial charge < -0.3 is 4.90 Å². The van der Waals surface area contributed by atoms with Gasteiger partial charge in [0.1, 0.15) is 0 Å². The summed E-state index contributed by atoms with van der Waals surface area (Å²) in [7, 11) is 0. The highest BCUT2D eigenvalue weighted by molar-refractivity contribution is 6.18. The van der Waals surface area contributed by atoms with E-state index >= 15 is 0 Å². The molecule has 0 aliphatic carbocycles. The Morgan fingerprint density at radius 1 is 1.29 bits per heavy atom. The molecule has 0 spiro atoms. The molecule has 1 heterocycles. The number of rotatable bonds is 6. The van der Waals surface area contributed by atoms with E-state index in [2.05, 4.69) is 41.7 Å². The number of halogens is 1. The van der Waals surface area contributed by atoms with E-state index in [4.69, 9.17) is 11.6 Å². The first-order valence-corrected chi connectivity index (χ1v) is 6.78. The number of aryl methyl sites for hydroxylation is 1. The van der Waals surface area contributed by atoms with Crippen molar-refractivity contribution in [1.29, 1.82) is 0 Å². The van der Waals surface area contributed by atoms with E-state index in [-0.39, 0.29) is 0 Å². The lowest BCUT2D eigenvalue weighted by Gasteiger charge is -2.22. The molecule has 17 heavy (non-hydrogen) atoms. The van der Waals surface area contributed by atoms with Crippen molar-refractivity contribution in [2.24, 2.45) is 0 Å². The maximum Gasteiger partial charge on any atom is 0.225 e. The van der Waals surface area contributed by atoms with Gasteiger partial charge in [-0.1, -0.05) is 20.8 Å². The number of nitrogens with zero attached hydrogens (tertiary/aromatic N) is 3. The van der Waals surface area contributed by atoms with Crippen molar-refractivity contribution < 1.29 is 0 Å². The van der Waals surface area contributed by atoms with Crippen LogP contribution in [0.5, 0.6) is 0 Å². The minimum atomic E-state index is 0.426. The molecule has 96 valence electrons. The fourth-order valence-electron chi connectivity index (χ4n) is 1.70. The summed E-state index contributed by atoms with van der Waals surface area (Å²) in [6.45, 7) is 10.2. The van der Waals surface area contributed by atoms with Crippen molar-refractivity contribution in [3.63, 3.8) is 0 Å². The first-order valence-electron chi connectivity index (χ1n) is 6.25. The largest absolute Gasteiger partial charge is 0.340 e. The summed E-state index contributed by atoms with van der Waals surface area (Å²) >= 11 is 5.83. The Morgan fingerprint density at radius 2 is 2.00 bits per heavy atom. The van der Waals surface area contributed by atoms with Crippen LogP contribution >= 0.6 is 11.6 Å². The first-order chi connectivity index (χ1) is 8.08. The van der Waals surface area contributed by atoms with Gasteiger partial charge in [-0.3, -0.25) is 0 Å². The van der Waals surface area contributed by atoms with Gasteiger partial charge in [0.2, 0.25) is 5.95 Å². The lowest BCUT2D eigenvalue weighted by atomic mass is 10.1. The highest BCUT2D eigenvalue weighted by Crippen LogP contribution is 2.17. The van der Waals surface area contributed by atoms with E-state index in [1.54, 1.807) is 0 Å². The third kappa shape index (κ3) is 4.15. The van der Waals surface area contributed by atoms with Gasteiger partial charge in [-0.15, -0.1) is 11.6 Å². The summed E-state index contributed by atoms with van der Waals surface area (Å²) in [5, 5.41) is 0. The van der Waals surface area contributed by atoms with Crippen LogP contribution in [0.1, 0.15) is 44.5 Å². The Hall–Kier alpha value is -0.830. The van der Waals surface area contributed by atoms with Crippen LogP contribution in [0.25, 0.3) is 0 Å². The molecule has 0 N–H and O–H groups in total. The number of hydrogen-bond acceptors (Lipinski definition) is 3. The second-order valence-corrected chi connectivity index (χ2v) is 4.94. The number of anilines is 1. The summed E-state index contributed by atoms with van der Waals surface area (Å²) in [4.78, 5) is 11.3. The molecule has 0 aliphatic rings. The van der Waals surface area contributed by atoms with Crippen molar-refractivity contribution in [3.8, 4) is 0 Å². The van der Waals surface area contributed by atoms with E-state index in [0.717, 1.165) is 36.8 Å². The smallest absolute Gasteiger partial charge is 0.225 e. The Labute approximate surface area is 109 Å². The molecule has 4 heteroatoms. The molecule has 1 rings (SSSR count). The topological polar surface area (TPSA) is 29.0 Å². The molecule has 1 aromatic rings. The fraction of sp³-hybridized carbons (Fsp3) is 0.692. The molecule has 3 nitrogen and oxygen atoms in total. The molecule has 0 radical (unpaired) electrons. The van der Waals surface area contributed by atoms with Crippen LogP contribution in [-0.4, -0.2) is 28.9 Å². The van der Waals surface area contributed by atoms with Gasteiger partial charge in [0, 0.05) is 30.4 Å². The fourth-order valence-corrected chi connectivity index (χ4v) is 1.90. The standard InChI is InChI=1S/C13H22ClN3/c1-5-7-17(8-6-14)13-15-11(4)9-12(16-13)10(2)3/h9-10H,5-8H2,1-4H3. The predicted molar refractivity (Wildman–Crippen MR) is 74.1 cm³/mol. The molecule has 0 bridgehead atoms. The van der Waals surface area contributed by atoms with E-state index in [0.29, 0.717) is 11.8 Å². The maximum atomic E-state index is 5.83. The predicted octanol–water partition coefficient (Wildman–Crippen LogP) is 3.36. The Bertz CT molecular complexity index is 347. The highest BCUT2D eigenvalue weighted by Gasteiger charge is 2.11. The van der Waals surface area contributed by atoms with Gasteiger partial charge in [0.05, 0.1) is 0 Å². The number of aromatic nitrogens is 2. The molecule has 0 saturated heterocycles. The molecule has 0 fully saturated rings. The molecule has 0 unspecified atom stereocenters. The molecular formula is C13H22ClN3. The Balaban J connectivity index is 3.00. The van der Waals surface area contributed by atoms with Crippen LogP contribution < -0.4 is 4.90 Å². The minimum Gasteiger partial charge on any atom is -0.340 e. The van der Waals surface area contributed by atoms with Crippen molar-refractivity contribution in [3.05, 3.63) is 17.5 Å². The van der Waals surface area contributed by atoms with E-state index in [1.165, 1.54) is 0 Å².